The van der Waals surface area contributed by atoms with Crippen molar-refractivity contribution >= 4 is 5.91 Å². The maximum absolute atomic E-state index is 11.5. The van der Waals surface area contributed by atoms with Crippen molar-refractivity contribution in [1.82, 2.24) is 15.2 Å². The van der Waals surface area contributed by atoms with Crippen molar-refractivity contribution in [2.45, 2.75) is 12.6 Å². The van der Waals surface area contributed by atoms with E-state index in [1.165, 1.54) is 0 Å². The first-order valence-electron chi connectivity index (χ1n) is 6.18. The molecule has 0 spiro atoms. The lowest BCUT2D eigenvalue weighted by molar-refractivity contribution is -0.0336. The number of hydrogen-bond acceptors (Lipinski definition) is 5. The Bertz CT molecular complexity index is 458. The molecule has 6 nitrogen and oxygen atoms in total. The van der Waals surface area contributed by atoms with E-state index in [-0.39, 0.29) is 5.91 Å². The average Bonchev–Trinajstić information content (AvgIpc) is 2.41. The van der Waals surface area contributed by atoms with Gasteiger partial charge in [0.05, 0.1) is 13.2 Å². The third kappa shape index (κ3) is 3.02. The molecule has 1 saturated heterocycles. The number of nitrogens with one attached hydrogen (secondary N) is 1. The molecule has 0 aromatic carbocycles. The standard InChI is InChI=1S/C13H19N3O3/c1-14-13(17)11-4-12(19-3)9(5-15-11)6-16-7-10(8-16)18-2/h4-5,10H,6-8H2,1-3H3,(H,14,17). The molecule has 0 saturated carbocycles. The molecule has 1 aromatic rings. The normalized spacial score (nSPS) is 15.9. The largest absolute Gasteiger partial charge is 0.496 e. The Hall–Kier alpha value is -1.66. The smallest absolute Gasteiger partial charge is 0.269 e. The first-order chi connectivity index (χ1) is 9.17. The second-order valence-corrected chi connectivity index (χ2v) is 4.51. The SMILES string of the molecule is CNC(=O)c1cc(OC)c(CN2CC(OC)C2)cn1. The van der Waals surface area contributed by atoms with Gasteiger partial charge in [0.1, 0.15) is 11.4 Å². The zero-order valence-electron chi connectivity index (χ0n) is 11.5. The van der Waals surface area contributed by atoms with Crippen LogP contribution in [0.15, 0.2) is 12.3 Å². The lowest BCUT2D eigenvalue weighted by atomic mass is 10.1. The highest BCUT2D eigenvalue weighted by molar-refractivity contribution is 5.92. The minimum Gasteiger partial charge on any atom is -0.496 e. The first kappa shape index (κ1) is 13.8. The number of carbonyl (C=O) groups excluding carboxylic acids is 1. The highest BCUT2D eigenvalue weighted by Gasteiger charge is 2.27. The van der Waals surface area contributed by atoms with Gasteiger partial charge in [-0.2, -0.15) is 0 Å². The van der Waals surface area contributed by atoms with Gasteiger partial charge in [0.2, 0.25) is 0 Å². The Morgan fingerprint density at radius 2 is 2.26 bits per heavy atom. The molecule has 1 aliphatic rings. The summed E-state index contributed by atoms with van der Waals surface area (Å²) in [6.45, 7) is 2.58. The molecule has 1 amide bonds. The van der Waals surface area contributed by atoms with E-state index in [2.05, 4.69) is 15.2 Å². The monoisotopic (exact) mass is 265 g/mol. The fraction of sp³-hybridized carbons (Fsp3) is 0.538. The third-order valence-electron chi connectivity index (χ3n) is 3.27. The fourth-order valence-electron chi connectivity index (χ4n) is 2.07. The maximum atomic E-state index is 11.5. The van der Waals surface area contributed by atoms with Crippen molar-refractivity contribution in [3.8, 4) is 5.75 Å². The molecule has 1 aromatic heterocycles. The van der Waals surface area contributed by atoms with Crippen molar-refractivity contribution in [1.29, 1.82) is 0 Å². The molecule has 0 radical (unpaired) electrons. The maximum Gasteiger partial charge on any atom is 0.269 e. The number of ether oxygens (including phenoxy) is 2. The summed E-state index contributed by atoms with van der Waals surface area (Å²) in [6, 6.07) is 1.67. The summed E-state index contributed by atoms with van der Waals surface area (Å²) >= 11 is 0. The molecule has 0 bridgehead atoms. The number of nitrogens with zero attached hydrogens (tertiary/aromatic N) is 2. The van der Waals surface area contributed by atoms with Crippen LogP contribution in [0.1, 0.15) is 16.1 Å². The van der Waals surface area contributed by atoms with Crippen LogP contribution in [0.3, 0.4) is 0 Å². The topological polar surface area (TPSA) is 63.7 Å². The fourth-order valence-corrected chi connectivity index (χ4v) is 2.07. The number of rotatable bonds is 5. The quantitative estimate of drug-likeness (QED) is 0.828. The van der Waals surface area contributed by atoms with E-state index >= 15 is 0 Å². The van der Waals surface area contributed by atoms with E-state index < -0.39 is 0 Å². The molecule has 1 fully saturated rings. The average molecular weight is 265 g/mol. The van der Waals surface area contributed by atoms with Crippen LogP contribution in [0.4, 0.5) is 0 Å². The van der Waals surface area contributed by atoms with Crippen LogP contribution in [0.2, 0.25) is 0 Å². The highest BCUT2D eigenvalue weighted by Crippen LogP contribution is 2.23. The third-order valence-corrected chi connectivity index (χ3v) is 3.27. The number of amides is 1. The molecule has 2 rings (SSSR count). The van der Waals surface area contributed by atoms with Gasteiger partial charge in [0, 0.05) is 51.6 Å². The summed E-state index contributed by atoms with van der Waals surface area (Å²) < 4.78 is 10.6. The highest BCUT2D eigenvalue weighted by atomic mass is 16.5. The zero-order valence-corrected chi connectivity index (χ0v) is 11.5. The molecule has 0 unspecified atom stereocenters. The Morgan fingerprint density at radius 3 is 2.84 bits per heavy atom. The van der Waals surface area contributed by atoms with Gasteiger partial charge in [-0.15, -0.1) is 0 Å². The van der Waals surface area contributed by atoms with Gasteiger partial charge in [-0.1, -0.05) is 0 Å². The van der Waals surface area contributed by atoms with Crippen molar-refractivity contribution in [3.63, 3.8) is 0 Å². The molecule has 0 aliphatic carbocycles. The number of hydrogen-bond donors (Lipinski definition) is 1. The molecule has 104 valence electrons. The van der Waals surface area contributed by atoms with Gasteiger partial charge in [-0.25, -0.2) is 0 Å². The molecular formula is C13H19N3O3. The molecular weight excluding hydrogens is 246 g/mol. The van der Waals surface area contributed by atoms with Crippen LogP contribution < -0.4 is 10.1 Å². The second kappa shape index (κ2) is 5.99. The van der Waals surface area contributed by atoms with Crippen LogP contribution >= 0.6 is 0 Å². The van der Waals surface area contributed by atoms with Crippen LogP contribution in [-0.4, -0.2) is 56.3 Å². The number of aromatic nitrogens is 1. The van der Waals surface area contributed by atoms with Gasteiger partial charge in [0.25, 0.3) is 5.91 Å². The van der Waals surface area contributed by atoms with Crippen molar-refractivity contribution in [2.75, 3.05) is 34.4 Å². The summed E-state index contributed by atoms with van der Waals surface area (Å²) in [5, 5.41) is 2.54. The minimum atomic E-state index is -0.215. The number of likely N-dealkylation sites (tertiary alicyclic amines) is 1. The van der Waals surface area contributed by atoms with Crippen LogP contribution in [-0.2, 0) is 11.3 Å². The number of methoxy groups -OCH3 is 2. The van der Waals surface area contributed by atoms with E-state index in [0.717, 1.165) is 25.2 Å². The lowest BCUT2D eigenvalue weighted by Crippen LogP contribution is -2.50. The van der Waals surface area contributed by atoms with E-state index in [0.29, 0.717) is 17.5 Å². The summed E-state index contributed by atoms with van der Waals surface area (Å²) in [7, 11) is 4.90. The number of carbonyl (C=O) groups is 1. The van der Waals surface area contributed by atoms with Crippen LogP contribution in [0.25, 0.3) is 0 Å². The molecule has 0 atom stereocenters. The van der Waals surface area contributed by atoms with Gasteiger partial charge < -0.3 is 14.8 Å². The molecule has 6 heteroatoms. The van der Waals surface area contributed by atoms with E-state index in [1.807, 2.05) is 0 Å². The van der Waals surface area contributed by atoms with Crippen molar-refractivity contribution in [2.24, 2.45) is 0 Å². The first-order valence-corrected chi connectivity index (χ1v) is 6.18. The van der Waals surface area contributed by atoms with Crippen LogP contribution in [0.5, 0.6) is 5.75 Å². The van der Waals surface area contributed by atoms with E-state index in [4.69, 9.17) is 9.47 Å². The zero-order chi connectivity index (χ0) is 13.8. The summed E-state index contributed by atoms with van der Waals surface area (Å²) in [5.41, 5.74) is 1.34. The van der Waals surface area contributed by atoms with Crippen molar-refractivity contribution in [3.05, 3.63) is 23.5 Å². The van der Waals surface area contributed by atoms with Gasteiger partial charge in [0.15, 0.2) is 0 Å². The molecule has 19 heavy (non-hydrogen) atoms. The Labute approximate surface area is 112 Å². The van der Waals surface area contributed by atoms with Gasteiger partial charge >= 0.3 is 0 Å². The van der Waals surface area contributed by atoms with E-state index in [9.17, 15) is 4.79 Å². The predicted octanol–water partition coefficient (Wildman–Crippen LogP) is 0.280. The van der Waals surface area contributed by atoms with Crippen molar-refractivity contribution < 1.29 is 14.3 Å². The van der Waals surface area contributed by atoms with E-state index in [1.54, 1.807) is 33.5 Å². The molecule has 2 heterocycles. The Kier molecular flexibility index (Phi) is 4.34. The second-order valence-electron chi connectivity index (χ2n) is 4.51. The Balaban J connectivity index is 2.06. The molecule has 1 N–H and O–H groups in total. The summed E-state index contributed by atoms with van der Waals surface area (Å²) in [5.74, 6) is 0.475. The summed E-state index contributed by atoms with van der Waals surface area (Å²) in [6.07, 6.45) is 2.02. The minimum absolute atomic E-state index is 0.215. The molecule has 1 aliphatic heterocycles. The van der Waals surface area contributed by atoms with Gasteiger partial charge in [-0.3, -0.25) is 14.7 Å². The number of pyridine rings is 1. The van der Waals surface area contributed by atoms with Crippen LogP contribution in [0, 0.1) is 0 Å². The predicted molar refractivity (Wildman–Crippen MR) is 70.3 cm³/mol. The summed E-state index contributed by atoms with van der Waals surface area (Å²) in [4.78, 5) is 17.9. The van der Waals surface area contributed by atoms with Gasteiger partial charge in [-0.05, 0) is 0 Å². The Morgan fingerprint density at radius 1 is 1.53 bits per heavy atom. The lowest BCUT2D eigenvalue weighted by Gasteiger charge is -2.38.